The Bertz CT molecular complexity index is 815. The first-order chi connectivity index (χ1) is 15.7. The van der Waals surface area contributed by atoms with Gasteiger partial charge < -0.3 is 24.4 Å². The second-order valence-corrected chi connectivity index (χ2v) is 10.2. The average Bonchev–Trinajstić information content (AvgIpc) is 3.04. The van der Waals surface area contributed by atoms with Crippen molar-refractivity contribution in [2.45, 2.75) is 97.2 Å². The number of carbonyl (C=O) groups excluding carboxylic acids is 4. The van der Waals surface area contributed by atoms with Gasteiger partial charge in [0, 0.05) is 18.4 Å². The number of carbonyl (C=O) groups is 4. The highest BCUT2D eigenvalue weighted by Gasteiger charge is 2.58. The van der Waals surface area contributed by atoms with Gasteiger partial charge in [-0.05, 0) is 31.6 Å². The maximum absolute atomic E-state index is 13.1. The molecule has 2 rings (SSSR count). The summed E-state index contributed by atoms with van der Waals surface area (Å²) in [5.74, 6) is -4.80. The molecular formula is C25H38O9. The summed E-state index contributed by atoms with van der Waals surface area (Å²) in [6, 6.07) is 0. The fraction of sp³-hybridized carbons (Fsp3) is 0.760. The zero-order valence-electron chi connectivity index (χ0n) is 20.9. The number of fused-ring (bicyclic) bond motifs is 1. The van der Waals surface area contributed by atoms with Gasteiger partial charge in [-0.1, -0.05) is 41.2 Å². The van der Waals surface area contributed by atoms with E-state index in [2.05, 4.69) is 6.58 Å². The summed E-state index contributed by atoms with van der Waals surface area (Å²) < 4.78 is 16.6. The normalized spacial score (nSPS) is 35.4. The summed E-state index contributed by atoms with van der Waals surface area (Å²) in [6.07, 6.45) is -4.82. The quantitative estimate of drug-likeness (QED) is 0.331. The Labute approximate surface area is 200 Å². The van der Waals surface area contributed by atoms with Gasteiger partial charge in [0.2, 0.25) is 0 Å². The predicted octanol–water partition coefficient (Wildman–Crippen LogP) is 2.11. The van der Waals surface area contributed by atoms with Crippen molar-refractivity contribution in [1.82, 2.24) is 0 Å². The number of hydrogen-bond donors (Lipinski definition) is 2. The van der Waals surface area contributed by atoms with Crippen LogP contribution in [0.25, 0.3) is 0 Å². The summed E-state index contributed by atoms with van der Waals surface area (Å²) >= 11 is 0. The van der Waals surface area contributed by atoms with Gasteiger partial charge in [-0.3, -0.25) is 14.4 Å². The van der Waals surface area contributed by atoms with E-state index in [1.54, 1.807) is 20.8 Å². The lowest BCUT2D eigenvalue weighted by Crippen LogP contribution is -2.59. The van der Waals surface area contributed by atoms with E-state index >= 15 is 0 Å². The van der Waals surface area contributed by atoms with Crippen molar-refractivity contribution < 1.29 is 43.6 Å². The van der Waals surface area contributed by atoms with Gasteiger partial charge >= 0.3 is 17.9 Å². The minimum Gasteiger partial charge on any atom is -0.459 e. The number of esters is 3. The highest BCUT2D eigenvalue weighted by Crippen LogP contribution is 2.41. The fourth-order valence-electron chi connectivity index (χ4n) is 4.36. The van der Waals surface area contributed by atoms with E-state index in [0.29, 0.717) is 6.42 Å². The van der Waals surface area contributed by atoms with E-state index in [1.807, 2.05) is 13.8 Å². The largest absolute Gasteiger partial charge is 0.459 e. The van der Waals surface area contributed by atoms with Crippen molar-refractivity contribution >= 4 is 23.7 Å². The van der Waals surface area contributed by atoms with Crippen LogP contribution in [0.3, 0.4) is 0 Å². The van der Waals surface area contributed by atoms with Gasteiger partial charge in [0.1, 0.15) is 12.2 Å². The summed E-state index contributed by atoms with van der Waals surface area (Å²) in [4.78, 5) is 50.7. The number of ketones is 1. The average molecular weight is 483 g/mol. The van der Waals surface area contributed by atoms with Crippen molar-refractivity contribution in [1.29, 1.82) is 0 Å². The molecule has 0 amide bonds. The van der Waals surface area contributed by atoms with Gasteiger partial charge in [-0.25, -0.2) is 4.79 Å². The lowest BCUT2D eigenvalue weighted by atomic mass is 9.75. The molecule has 0 bridgehead atoms. The molecule has 0 unspecified atom stereocenters. The molecule has 1 heterocycles. The Morgan fingerprint density at radius 1 is 1.24 bits per heavy atom. The molecule has 1 saturated heterocycles. The highest BCUT2D eigenvalue weighted by atomic mass is 16.6. The molecule has 0 aromatic carbocycles. The van der Waals surface area contributed by atoms with Gasteiger partial charge in [-0.2, -0.15) is 0 Å². The lowest BCUT2D eigenvalue weighted by molar-refractivity contribution is -0.199. The first-order valence-electron chi connectivity index (χ1n) is 12.0. The van der Waals surface area contributed by atoms with E-state index < -0.39 is 71.5 Å². The van der Waals surface area contributed by atoms with Crippen LogP contribution in [-0.2, 0) is 33.4 Å². The monoisotopic (exact) mass is 482 g/mol. The molecule has 0 aromatic heterocycles. The molecule has 0 spiro atoms. The van der Waals surface area contributed by atoms with Crippen molar-refractivity contribution in [3.8, 4) is 0 Å². The van der Waals surface area contributed by atoms with Gasteiger partial charge in [0.05, 0.1) is 11.8 Å². The SMILES string of the molecule is C=C1C(=O)O[C@H]2[C@H]1[C@@H](O)[C@H](OC(=O)CC(C)C)[C@H](C)CCC(=O)[C@](C)(O)[C@@H]2OC(=O)[C@H](C)CC. The molecule has 2 fully saturated rings. The van der Waals surface area contributed by atoms with Crippen LogP contribution in [0, 0.1) is 23.7 Å². The van der Waals surface area contributed by atoms with Crippen LogP contribution in [0.4, 0.5) is 0 Å². The van der Waals surface area contributed by atoms with Gasteiger partial charge in [0.25, 0.3) is 0 Å². The summed E-state index contributed by atoms with van der Waals surface area (Å²) in [7, 11) is 0. The fourth-order valence-corrected chi connectivity index (χ4v) is 4.36. The third-order valence-corrected chi connectivity index (χ3v) is 6.87. The number of aliphatic hydroxyl groups is 2. The lowest BCUT2D eigenvalue weighted by Gasteiger charge is -2.41. The number of ether oxygens (including phenoxy) is 3. The van der Waals surface area contributed by atoms with Gasteiger partial charge in [0.15, 0.2) is 23.6 Å². The molecule has 1 aliphatic heterocycles. The molecular weight excluding hydrogens is 444 g/mol. The van der Waals surface area contributed by atoms with E-state index in [1.165, 1.54) is 6.92 Å². The molecule has 0 radical (unpaired) electrons. The molecule has 192 valence electrons. The Hall–Kier alpha value is -2.26. The van der Waals surface area contributed by atoms with E-state index in [0.717, 1.165) is 0 Å². The Balaban J connectivity index is 2.54. The molecule has 1 aliphatic carbocycles. The number of hydrogen-bond acceptors (Lipinski definition) is 9. The highest BCUT2D eigenvalue weighted by molar-refractivity contribution is 5.92. The van der Waals surface area contributed by atoms with Crippen molar-refractivity contribution in [3.05, 3.63) is 12.2 Å². The van der Waals surface area contributed by atoms with Crippen molar-refractivity contribution in [3.63, 3.8) is 0 Å². The molecule has 9 heteroatoms. The van der Waals surface area contributed by atoms with Crippen LogP contribution in [0.1, 0.15) is 67.2 Å². The van der Waals surface area contributed by atoms with Crippen LogP contribution in [0.2, 0.25) is 0 Å². The molecule has 8 atom stereocenters. The maximum atomic E-state index is 13.1. The summed E-state index contributed by atoms with van der Waals surface area (Å²) in [6.45, 7) is 13.8. The molecule has 1 saturated carbocycles. The summed E-state index contributed by atoms with van der Waals surface area (Å²) in [5, 5.41) is 22.6. The smallest absolute Gasteiger partial charge is 0.334 e. The van der Waals surface area contributed by atoms with Crippen LogP contribution in [0.5, 0.6) is 0 Å². The minimum atomic E-state index is -2.18. The van der Waals surface area contributed by atoms with Crippen LogP contribution < -0.4 is 0 Å². The van der Waals surface area contributed by atoms with Crippen molar-refractivity contribution in [2.75, 3.05) is 0 Å². The van der Waals surface area contributed by atoms with Gasteiger partial charge in [-0.15, -0.1) is 0 Å². The first-order valence-corrected chi connectivity index (χ1v) is 12.0. The molecule has 2 N–H and O–H groups in total. The molecule has 0 aromatic rings. The predicted molar refractivity (Wildman–Crippen MR) is 121 cm³/mol. The standard InChI is InChI=1S/C25H38O9/c1-8-13(4)23(29)34-22-21-18(15(6)24(30)33-21)19(28)20(32-17(27)11-12(2)3)14(5)9-10-16(26)25(22,7)31/h12-14,18-22,28,31H,6,8-11H2,1-5,7H3/t13-,14-,18-,19-,20-,21+,22-,25+/m1/s1. The number of Topliss-reactive ketones (excluding diaryl/α,β-unsaturated/α-hetero) is 1. The third kappa shape index (κ3) is 5.86. The van der Waals surface area contributed by atoms with Crippen LogP contribution >= 0.6 is 0 Å². The Kier molecular flexibility index (Phi) is 9.04. The minimum absolute atomic E-state index is 0.0274. The van der Waals surface area contributed by atoms with E-state index in [9.17, 15) is 29.4 Å². The Morgan fingerprint density at radius 3 is 2.41 bits per heavy atom. The second-order valence-electron chi connectivity index (χ2n) is 10.2. The molecule has 9 nitrogen and oxygen atoms in total. The number of aliphatic hydroxyl groups excluding tert-OH is 1. The van der Waals surface area contributed by atoms with Crippen LogP contribution in [0.15, 0.2) is 12.2 Å². The Morgan fingerprint density at radius 2 is 1.85 bits per heavy atom. The topological polar surface area (TPSA) is 136 Å². The van der Waals surface area contributed by atoms with Crippen molar-refractivity contribution in [2.24, 2.45) is 23.7 Å². The number of rotatable bonds is 6. The van der Waals surface area contributed by atoms with E-state index in [4.69, 9.17) is 14.2 Å². The molecule has 34 heavy (non-hydrogen) atoms. The first kappa shape index (κ1) is 28.0. The zero-order valence-corrected chi connectivity index (χ0v) is 20.9. The third-order valence-electron chi connectivity index (χ3n) is 6.87. The zero-order chi connectivity index (χ0) is 26.0. The maximum Gasteiger partial charge on any atom is 0.334 e. The summed E-state index contributed by atoms with van der Waals surface area (Å²) in [5.41, 5.74) is -2.29. The van der Waals surface area contributed by atoms with E-state index in [-0.39, 0.29) is 30.8 Å². The second kappa shape index (κ2) is 11.0. The molecule has 2 aliphatic rings. The van der Waals surface area contributed by atoms with Crippen LogP contribution in [-0.4, -0.2) is 63.9 Å².